The van der Waals surface area contributed by atoms with Crippen LogP contribution < -0.4 is 24.8 Å². The molecule has 0 spiro atoms. The van der Waals surface area contributed by atoms with E-state index in [1.165, 1.54) is 30.3 Å². The Bertz CT molecular complexity index is 1690. The molecule has 3 aromatic carbocycles. The Balaban J connectivity index is 1.28. The van der Waals surface area contributed by atoms with Crippen LogP contribution in [0, 0.1) is 17.0 Å². The third-order valence-electron chi connectivity index (χ3n) is 7.91. The minimum Gasteiger partial charge on any atom is -0.493 e. The molecule has 0 aliphatic heterocycles. The van der Waals surface area contributed by atoms with Crippen LogP contribution in [-0.2, 0) is 9.59 Å². The number of hydrogen-bond donors (Lipinski definition) is 2. The Kier molecular flexibility index (Phi) is 9.77. The van der Waals surface area contributed by atoms with Crippen LogP contribution in [0.1, 0.15) is 33.1 Å². The lowest BCUT2D eigenvalue weighted by Crippen LogP contribution is -2.35. The van der Waals surface area contributed by atoms with Crippen molar-refractivity contribution in [1.82, 2.24) is 9.88 Å². The average Bonchev–Trinajstić information content (AvgIpc) is 3.86. The van der Waals surface area contributed by atoms with Gasteiger partial charge >= 0.3 is 0 Å². The fraction of sp³-hybridized carbons (Fsp3) is 0.324. The summed E-state index contributed by atoms with van der Waals surface area (Å²) in [4.78, 5) is 32.6. The molecule has 11 heteroatoms. The normalized spacial score (nSPS) is 13.4. The van der Waals surface area contributed by atoms with Crippen LogP contribution in [0.15, 0.2) is 66.9 Å². The highest BCUT2D eigenvalue weighted by Crippen LogP contribution is 2.48. The highest BCUT2D eigenvalue weighted by atomic mass is 19.1. The summed E-state index contributed by atoms with van der Waals surface area (Å²) in [5.74, 6) is -1.20. The number of para-hydroxylation sites is 1. The third kappa shape index (κ3) is 7.15. The minimum atomic E-state index is -1.35. The van der Waals surface area contributed by atoms with E-state index in [2.05, 4.69) is 34.4 Å². The first-order valence-corrected chi connectivity index (χ1v) is 14.9. The smallest absolute Gasteiger partial charge is 0.240 e. The largest absolute Gasteiger partial charge is 0.493 e. The number of amides is 2. The van der Waals surface area contributed by atoms with Gasteiger partial charge in [-0.25, -0.2) is 8.78 Å². The second-order valence-electron chi connectivity index (χ2n) is 10.8. The second-order valence-corrected chi connectivity index (χ2v) is 10.8. The van der Waals surface area contributed by atoms with Crippen LogP contribution in [0.4, 0.5) is 20.2 Å². The predicted molar refractivity (Wildman–Crippen MR) is 168 cm³/mol. The molecule has 0 unspecified atom stereocenters. The van der Waals surface area contributed by atoms with E-state index >= 15 is 4.39 Å². The van der Waals surface area contributed by atoms with Crippen molar-refractivity contribution in [3.63, 3.8) is 0 Å². The molecule has 0 saturated heterocycles. The number of hydrogen-bond acceptors (Lipinski definition) is 7. The number of anilines is 2. The zero-order chi connectivity index (χ0) is 32.0. The molecule has 4 aromatic rings. The monoisotopic (exact) mass is 618 g/mol. The van der Waals surface area contributed by atoms with Crippen molar-refractivity contribution in [3.8, 4) is 23.0 Å². The number of ether oxygens (including phenoxy) is 3. The number of halogens is 2. The summed E-state index contributed by atoms with van der Waals surface area (Å²) in [7, 11) is 1.56. The van der Waals surface area contributed by atoms with Gasteiger partial charge in [0.25, 0.3) is 0 Å². The van der Waals surface area contributed by atoms with Crippen LogP contribution in [-0.4, -0.2) is 55.0 Å². The maximum absolute atomic E-state index is 15.3. The van der Waals surface area contributed by atoms with Crippen molar-refractivity contribution in [2.45, 2.75) is 33.1 Å². The number of rotatable bonds is 14. The molecule has 2 amide bonds. The number of benzene rings is 3. The topological polar surface area (TPSA) is 102 Å². The van der Waals surface area contributed by atoms with Gasteiger partial charge < -0.3 is 29.7 Å². The van der Waals surface area contributed by atoms with E-state index in [1.807, 2.05) is 0 Å². The molecule has 0 bridgehead atoms. The first-order chi connectivity index (χ1) is 21.8. The summed E-state index contributed by atoms with van der Waals surface area (Å²) in [6.07, 6.45) is 2.98. The van der Waals surface area contributed by atoms with Gasteiger partial charge in [0.05, 0.1) is 24.9 Å². The number of aromatic nitrogens is 1. The van der Waals surface area contributed by atoms with Gasteiger partial charge in [0.1, 0.15) is 17.0 Å². The van der Waals surface area contributed by atoms with Crippen molar-refractivity contribution in [2.24, 2.45) is 5.41 Å². The number of pyridine rings is 1. The molecule has 0 radical (unpaired) electrons. The summed E-state index contributed by atoms with van der Waals surface area (Å²) in [6, 6.07) is 14.8. The minimum absolute atomic E-state index is 0.00910. The van der Waals surface area contributed by atoms with Gasteiger partial charge in [-0.15, -0.1) is 0 Å². The molecule has 5 rings (SSSR count). The Morgan fingerprint density at radius 3 is 2.33 bits per heavy atom. The molecule has 1 aliphatic carbocycles. The van der Waals surface area contributed by atoms with Gasteiger partial charge in [-0.1, -0.05) is 26.0 Å². The van der Waals surface area contributed by atoms with Gasteiger partial charge in [-0.05, 0) is 68.8 Å². The zero-order valence-corrected chi connectivity index (χ0v) is 25.5. The fourth-order valence-electron chi connectivity index (χ4n) is 5.02. The van der Waals surface area contributed by atoms with Gasteiger partial charge in [-0.3, -0.25) is 14.6 Å². The molecule has 236 valence electrons. The van der Waals surface area contributed by atoms with Crippen molar-refractivity contribution >= 4 is 34.1 Å². The van der Waals surface area contributed by atoms with Crippen LogP contribution in [0.2, 0.25) is 0 Å². The molecule has 45 heavy (non-hydrogen) atoms. The van der Waals surface area contributed by atoms with E-state index in [1.54, 1.807) is 37.6 Å². The van der Waals surface area contributed by atoms with E-state index in [0.717, 1.165) is 32.1 Å². The van der Waals surface area contributed by atoms with Gasteiger partial charge in [0.2, 0.25) is 11.8 Å². The number of carbonyl (C=O) groups excluding carboxylic acids is 2. The molecule has 2 N–H and O–H groups in total. The molecular weight excluding hydrogens is 582 g/mol. The van der Waals surface area contributed by atoms with Gasteiger partial charge in [0.15, 0.2) is 23.1 Å². The van der Waals surface area contributed by atoms with Crippen molar-refractivity contribution in [1.29, 1.82) is 0 Å². The van der Waals surface area contributed by atoms with E-state index in [9.17, 15) is 14.0 Å². The van der Waals surface area contributed by atoms with E-state index in [-0.39, 0.29) is 17.1 Å². The molecule has 1 fully saturated rings. The Morgan fingerprint density at radius 2 is 1.64 bits per heavy atom. The summed E-state index contributed by atoms with van der Waals surface area (Å²) in [5, 5.41) is 5.70. The summed E-state index contributed by atoms with van der Waals surface area (Å²) in [6.45, 7) is 7.60. The zero-order valence-electron chi connectivity index (χ0n) is 25.5. The molecule has 1 saturated carbocycles. The second kappa shape index (κ2) is 13.9. The molecule has 1 heterocycles. The number of methoxy groups -OCH3 is 1. The van der Waals surface area contributed by atoms with Crippen LogP contribution in [0.3, 0.4) is 0 Å². The summed E-state index contributed by atoms with van der Waals surface area (Å²) >= 11 is 0. The van der Waals surface area contributed by atoms with E-state index in [4.69, 9.17) is 14.2 Å². The summed E-state index contributed by atoms with van der Waals surface area (Å²) < 4.78 is 46.8. The van der Waals surface area contributed by atoms with Crippen molar-refractivity contribution < 1.29 is 32.6 Å². The standard InChI is InChI=1S/C34H36F2N4O5/c1-4-40(5-2)17-8-18-44-31-20-23-27(21-30(31)43-3)37-16-13-28(23)45-29-12-11-22(19-25(29)36)38-32(41)34(14-15-34)33(42)39-26-10-7-6-9-24(26)35/h6-7,9-13,16,19-21H,4-5,8,14-15,17-18H2,1-3H3,(H,38,41)(H,39,42). The molecule has 1 aromatic heterocycles. The highest BCUT2D eigenvalue weighted by Gasteiger charge is 2.56. The highest BCUT2D eigenvalue weighted by molar-refractivity contribution is 6.17. The molecule has 0 atom stereocenters. The molecule has 1 aliphatic rings. The van der Waals surface area contributed by atoms with Crippen LogP contribution in [0.25, 0.3) is 10.9 Å². The van der Waals surface area contributed by atoms with E-state index in [0.29, 0.717) is 47.6 Å². The molecule has 9 nitrogen and oxygen atoms in total. The number of fused-ring (bicyclic) bond motifs is 1. The van der Waals surface area contributed by atoms with Crippen LogP contribution >= 0.6 is 0 Å². The Morgan fingerprint density at radius 1 is 0.889 bits per heavy atom. The Hall–Kier alpha value is -4.77. The lowest BCUT2D eigenvalue weighted by molar-refractivity contribution is -0.131. The first kappa shape index (κ1) is 31.6. The van der Waals surface area contributed by atoms with Crippen LogP contribution in [0.5, 0.6) is 23.0 Å². The lowest BCUT2D eigenvalue weighted by Gasteiger charge is -2.18. The molecular formula is C34H36F2N4O5. The predicted octanol–water partition coefficient (Wildman–Crippen LogP) is 6.78. The average molecular weight is 619 g/mol. The number of nitrogens with zero attached hydrogens (tertiary/aromatic N) is 2. The van der Waals surface area contributed by atoms with Crippen molar-refractivity contribution in [2.75, 3.05) is 44.0 Å². The fourth-order valence-corrected chi connectivity index (χ4v) is 5.02. The SMILES string of the molecule is CCN(CC)CCCOc1cc2c(Oc3ccc(NC(=O)C4(C(=O)Nc5ccccc5F)CC4)cc3F)ccnc2cc1OC. The lowest BCUT2D eigenvalue weighted by atomic mass is 10.0. The third-order valence-corrected chi connectivity index (χ3v) is 7.91. The number of carbonyl (C=O) groups is 2. The van der Waals surface area contributed by atoms with Gasteiger partial charge in [0, 0.05) is 35.9 Å². The van der Waals surface area contributed by atoms with Crippen molar-refractivity contribution in [3.05, 3.63) is 78.5 Å². The quantitative estimate of drug-likeness (QED) is 0.119. The number of nitrogens with one attached hydrogen (secondary N) is 2. The summed E-state index contributed by atoms with van der Waals surface area (Å²) in [5.41, 5.74) is -0.631. The maximum Gasteiger partial charge on any atom is 0.240 e. The first-order valence-electron chi connectivity index (χ1n) is 14.9. The van der Waals surface area contributed by atoms with E-state index < -0.39 is 28.9 Å². The van der Waals surface area contributed by atoms with Gasteiger partial charge in [-0.2, -0.15) is 0 Å². The Labute approximate surface area is 260 Å². The maximum atomic E-state index is 15.3.